The summed E-state index contributed by atoms with van der Waals surface area (Å²) in [7, 11) is 0. The van der Waals surface area contributed by atoms with E-state index in [9.17, 15) is 0 Å². The fraction of sp³-hybridized carbons (Fsp3) is 0.154. The number of para-hydroxylation sites is 1. The largest absolute Gasteiger partial charge is 0.360 e. The third kappa shape index (κ3) is 2.71. The van der Waals surface area contributed by atoms with Crippen molar-refractivity contribution in [2.45, 2.75) is 19.4 Å². The van der Waals surface area contributed by atoms with Gasteiger partial charge in [0.25, 0.3) is 0 Å². The van der Waals surface area contributed by atoms with Crippen LogP contribution in [-0.4, -0.2) is 6.54 Å². The van der Waals surface area contributed by atoms with E-state index in [1.54, 1.807) is 0 Å². The van der Waals surface area contributed by atoms with E-state index in [2.05, 4.69) is 103 Å². The van der Waals surface area contributed by atoms with Crippen LogP contribution in [0.1, 0.15) is 28.3 Å². The van der Waals surface area contributed by atoms with Crippen molar-refractivity contribution in [2.75, 3.05) is 11.4 Å². The van der Waals surface area contributed by atoms with E-state index in [4.69, 9.17) is 0 Å². The molecule has 0 saturated heterocycles. The predicted octanol–water partition coefficient (Wildman–Crippen LogP) is 6.30. The molecule has 0 fully saturated rings. The maximum absolute atomic E-state index is 2.58. The summed E-state index contributed by atoms with van der Waals surface area (Å²) < 4.78 is 0. The van der Waals surface area contributed by atoms with Gasteiger partial charge in [-0.05, 0) is 58.5 Å². The van der Waals surface area contributed by atoms with E-state index in [0.29, 0.717) is 0 Å². The zero-order valence-corrected chi connectivity index (χ0v) is 15.6. The van der Waals surface area contributed by atoms with Crippen molar-refractivity contribution in [1.29, 1.82) is 0 Å². The van der Waals surface area contributed by atoms with Crippen LogP contribution in [-0.2, 0) is 6.42 Å². The highest BCUT2D eigenvalue weighted by Gasteiger charge is 2.30. The lowest BCUT2D eigenvalue weighted by atomic mass is 9.83. The molecule has 0 amide bonds. The molecule has 0 aromatic heterocycles. The molecule has 27 heavy (non-hydrogen) atoms. The quantitative estimate of drug-likeness (QED) is 0.410. The number of anilines is 1. The predicted molar refractivity (Wildman–Crippen MR) is 114 cm³/mol. The van der Waals surface area contributed by atoms with Crippen LogP contribution in [0.15, 0.2) is 91.0 Å². The Kier molecular flexibility index (Phi) is 3.94. The summed E-state index contributed by atoms with van der Waals surface area (Å²) in [6, 6.07) is 33.4. The van der Waals surface area contributed by atoms with Crippen molar-refractivity contribution in [3.05, 3.63) is 113 Å². The van der Waals surface area contributed by atoms with E-state index in [-0.39, 0.29) is 6.04 Å². The molecule has 0 radical (unpaired) electrons. The molecule has 0 spiro atoms. The Labute approximate surface area is 160 Å². The summed E-state index contributed by atoms with van der Waals surface area (Å²) in [5.74, 6) is 0. The molecule has 1 heterocycles. The minimum atomic E-state index is 0.239. The van der Waals surface area contributed by atoms with E-state index >= 15 is 0 Å². The van der Waals surface area contributed by atoms with Crippen LogP contribution in [0.3, 0.4) is 0 Å². The number of nitrogens with zero attached hydrogens (tertiary/aromatic N) is 1. The van der Waals surface area contributed by atoms with Crippen molar-refractivity contribution in [3.8, 4) is 0 Å². The second kappa shape index (κ2) is 6.59. The van der Waals surface area contributed by atoms with Gasteiger partial charge in [-0.25, -0.2) is 0 Å². The van der Waals surface area contributed by atoms with Gasteiger partial charge in [0.1, 0.15) is 0 Å². The molecule has 5 rings (SSSR count). The van der Waals surface area contributed by atoms with Crippen molar-refractivity contribution in [1.82, 2.24) is 0 Å². The van der Waals surface area contributed by atoms with Crippen molar-refractivity contribution in [3.63, 3.8) is 0 Å². The normalized spacial score (nSPS) is 16.3. The highest BCUT2D eigenvalue weighted by atomic mass is 15.2. The standard InChI is InChI=1S/C26H23N/c1-19-15-16-20-9-5-7-13-23(20)25(19)26-24-14-8-6-10-21(24)17-18-27(26)22-11-3-2-4-12-22/h2-16,26H,17-18H2,1H3. The summed E-state index contributed by atoms with van der Waals surface area (Å²) in [5.41, 5.74) is 7.00. The summed E-state index contributed by atoms with van der Waals surface area (Å²) in [6.07, 6.45) is 1.09. The number of benzene rings is 4. The van der Waals surface area contributed by atoms with E-state index in [0.717, 1.165) is 13.0 Å². The fourth-order valence-electron chi connectivity index (χ4n) is 4.54. The average molecular weight is 349 g/mol. The van der Waals surface area contributed by atoms with Crippen molar-refractivity contribution in [2.24, 2.45) is 0 Å². The van der Waals surface area contributed by atoms with Crippen LogP contribution >= 0.6 is 0 Å². The lowest BCUT2D eigenvalue weighted by Crippen LogP contribution is -2.36. The number of hydrogen-bond donors (Lipinski definition) is 0. The molecule has 0 saturated carbocycles. The first kappa shape index (κ1) is 16.1. The van der Waals surface area contributed by atoms with Crippen LogP contribution in [0.4, 0.5) is 5.69 Å². The summed E-state index contributed by atoms with van der Waals surface area (Å²) in [4.78, 5) is 2.58. The fourth-order valence-corrected chi connectivity index (χ4v) is 4.54. The first-order chi connectivity index (χ1) is 13.3. The average Bonchev–Trinajstić information content (AvgIpc) is 2.74. The van der Waals surface area contributed by atoms with Gasteiger partial charge >= 0.3 is 0 Å². The Morgan fingerprint density at radius 1 is 0.741 bits per heavy atom. The Balaban J connectivity index is 1.80. The third-order valence-corrected chi connectivity index (χ3v) is 5.83. The highest BCUT2D eigenvalue weighted by Crippen LogP contribution is 2.42. The van der Waals surface area contributed by atoms with Crippen LogP contribution < -0.4 is 4.90 Å². The second-order valence-corrected chi connectivity index (χ2v) is 7.40. The Bertz CT molecular complexity index is 1100. The van der Waals surface area contributed by atoms with Crippen LogP contribution in [0.25, 0.3) is 10.8 Å². The van der Waals surface area contributed by atoms with Gasteiger partial charge in [0, 0.05) is 12.2 Å². The summed E-state index contributed by atoms with van der Waals surface area (Å²) in [6.45, 7) is 3.29. The minimum Gasteiger partial charge on any atom is -0.360 e. The molecule has 1 heteroatoms. The van der Waals surface area contributed by atoms with Crippen molar-refractivity contribution >= 4 is 16.5 Å². The van der Waals surface area contributed by atoms with E-state index in [1.165, 1.54) is 38.7 Å². The maximum Gasteiger partial charge on any atom is 0.0807 e. The van der Waals surface area contributed by atoms with Gasteiger partial charge in [-0.15, -0.1) is 0 Å². The number of aryl methyl sites for hydroxylation is 1. The lowest BCUT2D eigenvalue weighted by molar-refractivity contribution is 0.654. The van der Waals surface area contributed by atoms with Crippen LogP contribution in [0.5, 0.6) is 0 Å². The minimum absolute atomic E-state index is 0.239. The van der Waals surface area contributed by atoms with E-state index in [1.807, 2.05) is 0 Å². The van der Waals surface area contributed by atoms with Gasteiger partial charge in [-0.2, -0.15) is 0 Å². The molecule has 1 atom stereocenters. The first-order valence-electron chi connectivity index (χ1n) is 9.71. The number of fused-ring (bicyclic) bond motifs is 2. The van der Waals surface area contributed by atoms with Crippen molar-refractivity contribution < 1.29 is 0 Å². The Morgan fingerprint density at radius 2 is 1.48 bits per heavy atom. The van der Waals surface area contributed by atoms with Gasteiger partial charge in [0.2, 0.25) is 0 Å². The number of rotatable bonds is 2. The van der Waals surface area contributed by atoms with Gasteiger partial charge in [0.15, 0.2) is 0 Å². The third-order valence-electron chi connectivity index (χ3n) is 5.83. The maximum atomic E-state index is 2.58. The zero-order valence-electron chi connectivity index (χ0n) is 15.6. The molecule has 132 valence electrons. The number of hydrogen-bond acceptors (Lipinski definition) is 1. The molecular weight excluding hydrogens is 326 g/mol. The first-order valence-corrected chi connectivity index (χ1v) is 9.71. The molecule has 0 N–H and O–H groups in total. The zero-order chi connectivity index (χ0) is 18.2. The molecule has 1 unspecified atom stereocenters. The Morgan fingerprint density at radius 3 is 2.37 bits per heavy atom. The molecule has 1 aliphatic heterocycles. The molecule has 0 aliphatic carbocycles. The second-order valence-electron chi connectivity index (χ2n) is 7.40. The molecule has 4 aromatic rings. The summed E-state index contributed by atoms with van der Waals surface area (Å²) >= 11 is 0. The van der Waals surface area contributed by atoms with Gasteiger partial charge in [0.05, 0.1) is 6.04 Å². The summed E-state index contributed by atoms with van der Waals surface area (Å²) in [5, 5.41) is 2.68. The molecule has 1 aliphatic rings. The molecular formula is C26H23N. The van der Waals surface area contributed by atoms with Crippen LogP contribution in [0, 0.1) is 6.92 Å². The topological polar surface area (TPSA) is 3.24 Å². The van der Waals surface area contributed by atoms with Gasteiger partial charge < -0.3 is 4.90 Å². The van der Waals surface area contributed by atoms with Gasteiger partial charge in [-0.1, -0.05) is 78.9 Å². The highest BCUT2D eigenvalue weighted by molar-refractivity contribution is 5.88. The molecule has 4 aromatic carbocycles. The monoisotopic (exact) mass is 349 g/mol. The van der Waals surface area contributed by atoms with Crippen LogP contribution in [0.2, 0.25) is 0 Å². The molecule has 1 nitrogen and oxygen atoms in total. The molecule has 0 bridgehead atoms. The lowest BCUT2D eigenvalue weighted by Gasteiger charge is -2.40. The SMILES string of the molecule is Cc1ccc2ccccc2c1C1c2ccccc2CCN1c1ccccc1. The van der Waals surface area contributed by atoms with Gasteiger partial charge in [-0.3, -0.25) is 0 Å². The smallest absolute Gasteiger partial charge is 0.0807 e. The Hall–Kier alpha value is -3.06. The van der Waals surface area contributed by atoms with E-state index < -0.39 is 0 Å².